The van der Waals surface area contributed by atoms with E-state index in [0.29, 0.717) is 6.04 Å². The first-order chi connectivity index (χ1) is 9.29. The normalized spacial score (nSPS) is 13.1. The summed E-state index contributed by atoms with van der Waals surface area (Å²) in [7, 11) is 3.43. The molecule has 3 heteroatoms. The Bertz CT molecular complexity index is 172. The van der Waals surface area contributed by atoms with Gasteiger partial charge in [0.05, 0.1) is 6.04 Å². The van der Waals surface area contributed by atoms with Crippen LogP contribution in [0.25, 0.3) is 0 Å². The van der Waals surface area contributed by atoms with E-state index in [1.807, 2.05) is 0 Å². The smallest absolute Gasteiger partial charge is 0.171 e. The van der Waals surface area contributed by atoms with E-state index in [2.05, 4.69) is 19.2 Å². The second kappa shape index (κ2) is 14.3. The molecule has 0 heterocycles. The van der Waals surface area contributed by atoms with Crippen molar-refractivity contribution in [3.05, 3.63) is 0 Å². The highest BCUT2D eigenvalue weighted by molar-refractivity contribution is 4.70. The summed E-state index contributed by atoms with van der Waals surface area (Å²) in [5.41, 5.74) is 0. The lowest BCUT2D eigenvalue weighted by atomic mass is 10.0. The number of likely N-dealkylation sites (N-methyl/N-ethyl adjacent to an activating group) is 1. The van der Waals surface area contributed by atoms with Crippen molar-refractivity contribution in [2.45, 2.75) is 84.0 Å². The minimum atomic E-state index is -0.121. The minimum absolute atomic E-state index is 0.121. The number of methoxy groups -OCH3 is 2. The molecule has 0 rings (SSSR count). The predicted molar refractivity (Wildman–Crippen MR) is 82.5 cm³/mol. The van der Waals surface area contributed by atoms with E-state index in [1.54, 1.807) is 14.2 Å². The zero-order valence-corrected chi connectivity index (χ0v) is 13.5. The lowest BCUT2D eigenvalue weighted by Gasteiger charge is -2.25. The highest BCUT2D eigenvalue weighted by atomic mass is 16.7. The van der Waals surface area contributed by atoms with Gasteiger partial charge in [-0.2, -0.15) is 0 Å². The average Bonchev–Trinajstić information content (AvgIpc) is 2.43. The Morgan fingerprint density at radius 3 is 1.79 bits per heavy atom. The van der Waals surface area contributed by atoms with E-state index >= 15 is 0 Å². The number of hydrogen-bond donors (Lipinski definition) is 1. The minimum Gasteiger partial charge on any atom is -0.354 e. The number of rotatable bonds is 14. The number of ether oxygens (including phenoxy) is 2. The van der Waals surface area contributed by atoms with Crippen LogP contribution in [0, 0.1) is 0 Å². The van der Waals surface area contributed by atoms with Gasteiger partial charge >= 0.3 is 0 Å². The molecule has 0 aliphatic carbocycles. The molecule has 0 aliphatic rings. The second-order valence-corrected chi connectivity index (χ2v) is 5.27. The van der Waals surface area contributed by atoms with Crippen molar-refractivity contribution in [2.24, 2.45) is 0 Å². The summed E-state index contributed by atoms with van der Waals surface area (Å²) in [6.07, 6.45) is 11.9. The largest absolute Gasteiger partial charge is 0.354 e. The van der Waals surface area contributed by atoms with Crippen LogP contribution >= 0.6 is 0 Å². The van der Waals surface area contributed by atoms with Crippen LogP contribution < -0.4 is 5.32 Å². The molecule has 0 aliphatic heterocycles. The van der Waals surface area contributed by atoms with Crippen LogP contribution in [0.3, 0.4) is 0 Å². The van der Waals surface area contributed by atoms with Crippen LogP contribution in [-0.2, 0) is 9.47 Å². The number of hydrogen-bond acceptors (Lipinski definition) is 3. The van der Waals surface area contributed by atoms with Crippen molar-refractivity contribution < 1.29 is 9.47 Å². The van der Waals surface area contributed by atoms with E-state index in [4.69, 9.17) is 9.47 Å². The molecule has 0 aromatic carbocycles. The van der Waals surface area contributed by atoms with Gasteiger partial charge in [0, 0.05) is 14.2 Å². The summed E-state index contributed by atoms with van der Waals surface area (Å²) in [6, 6.07) is 0.320. The van der Waals surface area contributed by atoms with Gasteiger partial charge in [0.15, 0.2) is 6.29 Å². The molecule has 1 N–H and O–H groups in total. The Hall–Kier alpha value is -0.120. The second-order valence-electron chi connectivity index (χ2n) is 5.27. The van der Waals surface area contributed by atoms with Crippen LogP contribution in [0.1, 0.15) is 71.6 Å². The topological polar surface area (TPSA) is 30.5 Å². The first-order valence-electron chi connectivity index (χ1n) is 8.09. The number of nitrogens with one attached hydrogen (secondary N) is 1. The zero-order chi connectivity index (χ0) is 14.3. The van der Waals surface area contributed by atoms with Crippen molar-refractivity contribution in [1.82, 2.24) is 5.32 Å². The fourth-order valence-corrected chi connectivity index (χ4v) is 2.52. The fourth-order valence-electron chi connectivity index (χ4n) is 2.52. The van der Waals surface area contributed by atoms with Crippen molar-refractivity contribution in [3.63, 3.8) is 0 Å². The Morgan fingerprint density at radius 2 is 1.32 bits per heavy atom. The maximum atomic E-state index is 5.35. The summed E-state index contributed by atoms with van der Waals surface area (Å²) < 4.78 is 10.7. The van der Waals surface area contributed by atoms with Gasteiger partial charge in [0.2, 0.25) is 0 Å². The summed E-state index contributed by atoms with van der Waals surface area (Å²) in [6.45, 7) is 5.36. The van der Waals surface area contributed by atoms with E-state index in [0.717, 1.165) is 13.0 Å². The predicted octanol–water partition coefficient (Wildman–Crippen LogP) is 4.11. The molecule has 0 amide bonds. The third-order valence-corrected chi connectivity index (χ3v) is 3.63. The van der Waals surface area contributed by atoms with E-state index < -0.39 is 0 Å². The van der Waals surface area contributed by atoms with Crippen LogP contribution in [-0.4, -0.2) is 33.1 Å². The molecule has 3 nitrogen and oxygen atoms in total. The summed E-state index contributed by atoms with van der Waals surface area (Å²) in [4.78, 5) is 0. The molecule has 0 radical (unpaired) electrons. The highest BCUT2D eigenvalue weighted by Crippen LogP contribution is 2.13. The fraction of sp³-hybridized carbons (Fsp3) is 1.00. The first-order valence-corrected chi connectivity index (χ1v) is 8.09. The van der Waals surface area contributed by atoms with Crippen LogP contribution in [0.4, 0.5) is 0 Å². The molecule has 19 heavy (non-hydrogen) atoms. The van der Waals surface area contributed by atoms with Gasteiger partial charge in [-0.05, 0) is 13.0 Å². The Balaban J connectivity index is 3.58. The molecule has 0 saturated carbocycles. The average molecular weight is 273 g/mol. The summed E-state index contributed by atoms with van der Waals surface area (Å²) in [5, 5.41) is 3.45. The maximum Gasteiger partial charge on any atom is 0.171 e. The van der Waals surface area contributed by atoms with E-state index in [-0.39, 0.29) is 6.29 Å². The van der Waals surface area contributed by atoms with Gasteiger partial charge in [-0.1, -0.05) is 65.2 Å². The standard InChI is InChI=1S/C16H35NO2/c1-5-7-8-9-10-11-12-13-14-15(17-6-2)16(18-3)19-4/h15-17H,5-14H2,1-4H3. The van der Waals surface area contributed by atoms with Crippen LogP contribution in [0.5, 0.6) is 0 Å². The zero-order valence-electron chi connectivity index (χ0n) is 13.5. The SMILES string of the molecule is CCCCCCCCCCC(NCC)C(OC)OC. The molecule has 0 saturated heterocycles. The Labute approximate surface area is 120 Å². The third-order valence-electron chi connectivity index (χ3n) is 3.63. The molecule has 0 spiro atoms. The van der Waals surface area contributed by atoms with Gasteiger partial charge in [-0.15, -0.1) is 0 Å². The van der Waals surface area contributed by atoms with Gasteiger partial charge in [-0.25, -0.2) is 0 Å². The number of unbranched alkanes of at least 4 members (excludes halogenated alkanes) is 7. The lowest BCUT2D eigenvalue weighted by Crippen LogP contribution is -2.41. The molecule has 0 aromatic rings. The van der Waals surface area contributed by atoms with Gasteiger partial charge in [-0.3, -0.25) is 0 Å². The van der Waals surface area contributed by atoms with Gasteiger partial charge < -0.3 is 14.8 Å². The molecular formula is C16H35NO2. The third kappa shape index (κ3) is 10.3. The quantitative estimate of drug-likeness (QED) is 0.381. The molecular weight excluding hydrogens is 238 g/mol. The molecule has 1 atom stereocenters. The Kier molecular flexibility index (Phi) is 14.2. The lowest BCUT2D eigenvalue weighted by molar-refractivity contribution is -0.124. The molecule has 0 aromatic heterocycles. The molecule has 0 fully saturated rings. The van der Waals surface area contributed by atoms with E-state index in [9.17, 15) is 0 Å². The maximum absolute atomic E-state index is 5.35. The van der Waals surface area contributed by atoms with Crippen LogP contribution in [0.2, 0.25) is 0 Å². The molecule has 1 unspecified atom stereocenters. The van der Waals surface area contributed by atoms with Crippen molar-refractivity contribution in [2.75, 3.05) is 20.8 Å². The van der Waals surface area contributed by atoms with Gasteiger partial charge in [0.1, 0.15) is 0 Å². The van der Waals surface area contributed by atoms with Crippen LogP contribution in [0.15, 0.2) is 0 Å². The van der Waals surface area contributed by atoms with Crippen molar-refractivity contribution >= 4 is 0 Å². The van der Waals surface area contributed by atoms with E-state index in [1.165, 1.54) is 51.4 Å². The highest BCUT2D eigenvalue weighted by Gasteiger charge is 2.18. The molecule has 0 bridgehead atoms. The Morgan fingerprint density at radius 1 is 0.789 bits per heavy atom. The monoisotopic (exact) mass is 273 g/mol. The first kappa shape index (κ1) is 18.9. The molecule has 116 valence electrons. The van der Waals surface area contributed by atoms with Crippen molar-refractivity contribution in [1.29, 1.82) is 0 Å². The van der Waals surface area contributed by atoms with Gasteiger partial charge in [0.25, 0.3) is 0 Å². The summed E-state index contributed by atoms with van der Waals surface area (Å²) >= 11 is 0. The summed E-state index contributed by atoms with van der Waals surface area (Å²) in [5.74, 6) is 0. The van der Waals surface area contributed by atoms with Crippen molar-refractivity contribution in [3.8, 4) is 0 Å².